The molecule has 0 radical (unpaired) electrons. The molecule has 0 aliphatic heterocycles. The normalized spacial score (nSPS) is 7.59. The molecule has 0 fully saturated rings. The van der Waals surface area contributed by atoms with Crippen molar-refractivity contribution in [1.82, 2.24) is 0 Å². The average molecular weight is 238 g/mol. The first-order valence-corrected chi connectivity index (χ1v) is 7.36. The van der Waals surface area contributed by atoms with Crippen molar-refractivity contribution in [3.63, 3.8) is 0 Å². The Labute approximate surface area is 110 Å². The molecule has 17 heavy (non-hydrogen) atoms. The standard InChI is InChI=1S/C11H16.3C2H6/c1-4-10-6-7-11(5-2)9(3)8-10;3*1-2/h6-8H,4-5H2,1-3H3;3*1-2H3. The van der Waals surface area contributed by atoms with Crippen LogP contribution in [0, 0.1) is 6.92 Å². The van der Waals surface area contributed by atoms with Gasteiger partial charge in [-0.05, 0) is 36.5 Å². The summed E-state index contributed by atoms with van der Waals surface area (Å²) >= 11 is 0. The maximum absolute atomic E-state index is 2.29. The molecule has 0 heteroatoms. The summed E-state index contributed by atoms with van der Waals surface area (Å²) in [7, 11) is 0. The molecule has 0 amide bonds. The molecular formula is C17H34. The monoisotopic (exact) mass is 238 g/mol. The second kappa shape index (κ2) is 17.6. The highest BCUT2D eigenvalue weighted by Crippen LogP contribution is 2.11. The molecule has 0 spiro atoms. The summed E-state index contributed by atoms with van der Waals surface area (Å²) in [5, 5.41) is 0. The SMILES string of the molecule is CC.CC.CC.CCc1ccc(CC)c(C)c1. The predicted octanol–water partition coefficient (Wildman–Crippen LogP) is 6.20. The fraction of sp³-hybridized carbons (Fsp3) is 0.647. The molecule has 0 saturated heterocycles. The van der Waals surface area contributed by atoms with Crippen LogP contribution in [0.1, 0.15) is 72.1 Å². The average Bonchev–Trinajstić information content (AvgIpc) is 2.45. The molecule has 0 aliphatic carbocycles. The highest BCUT2D eigenvalue weighted by molar-refractivity contribution is 5.30. The van der Waals surface area contributed by atoms with Crippen LogP contribution in [0.3, 0.4) is 0 Å². The van der Waals surface area contributed by atoms with E-state index in [1.54, 1.807) is 0 Å². The van der Waals surface area contributed by atoms with Gasteiger partial charge in [-0.2, -0.15) is 0 Å². The summed E-state index contributed by atoms with van der Waals surface area (Å²) in [6.07, 6.45) is 2.29. The van der Waals surface area contributed by atoms with E-state index in [-0.39, 0.29) is 0 Å². The van der Waals surface area contributed by atoms with Gasteiger partial charge in [-0.1, -0.05) is 73.6 Å². The largest absolute Gasteiger partial charge is 0.0683 e. The highest BCUT2D eigenvalue weighted by Gasteiger charge is 1.95. The summed E-state index contributed by atoms with van der Waals surface area (Å²) in [6.45, 7) is 18.6. The van der Waals surface area contributed by atoms with E-state index in [2.05, 4.69) is 39.0 Å². The predicted molar refractivity (Wildman–Crippen MR) is 84.0 cm³/mol. The topological polar surface area (TPSA) is 0 Å². The second-order valence-electron chi connectivity index (χ2n) is 2.97. The zero-order chi connectivity index (χ0) is 14.3. The Morgan fingerprint density at radius 2 is 1.24 bits per heavy atom. The molecule has 0 unspecified atom stereocenters. The lowest BCUT2D eigenvalue weighted by Gasteiger charge is -2.04. The van der Waals surface area contributed by atoms with E-state index in [0.29, 0.717) is 0 Å². The van der Waals surface area contributed by atoms with E-state index in [1.807, 2.05) is 41.5 Å². The number of rotatable bonds is 2. The molecule has 0 aromatic heterocycles. The molecule has 0 saturated carbocycles. The van der Waals surface area contributed by atoms with Crippen molar-refractivity contribution in [3.05, 3.63) is 34.9 Å². The van der Waals surface area contributed by atoms with E-state index in [9.17, 15) is 0 Å². The first-order chi connectivity index (χ1) is 8.27. The van der Waals surface area contributed by atoms with Gasteiger partial charge in [0.15, 0.2) is 0 Å². The van der Waals surface area contributed by atoms with Crippen LogP contribution < -0.4 is 0 Å². The Hall–Kier alpha value is -0.780. The van der Waals surface area contributed by atoms with Gasteiger partial charge in [-0.25, -0.2) is 0 Å². The lowest BCUT2D eigenvalue weighted by Crippen LogP contribution is -1.88. The molecule has 102 valence electrons. The maximum Gasteiger partial charge on any atom is -0.0305 e. The Morgan fingerprint density at radius 1 is 0.765 bits per heavy atom. The van der Waals surface area contributed by atoms with Crippen LogP contribution in [0.2, 0.25) is 0 Å². The first-order valence-electron chi connectivity index (χ1n) is 7.36. The van der Waals surface area contributed by atoms with Crippen LogP contribution in [-0.2, 0) is 12.8 Å². The second-order valence-corrected chi connectivity index (χ2v) is 2.97. The third-order valence-corrected chi connectivity index (χ3v) is 2.20. The lowest BCUT2D eigenvalue weighted by molar-refractivity contribution is 1.07. The number of hydrogen-bond donors (Lipinski definition) is 0. The zero-order valence-corrected chi connectivity index (χ0v) is 13.6. The van der Waals surface area contributed by atoms with Gasteiger partial charge in [-0.15, -0.1) is 0 Å². The van der Waals surface area contributed by atoms with Crippen molar-refractivity contribution in [2.45, 2.75) is 75.2 Å². The molecule has 0 atom stereocenters. The Morgan fingerprint density at radius 3 is 1.53 bits per heavy atom. The van der Waals surface area contributed by atoms with Crippen molar-refractivity contribution in [2.75, 3.05) is 0 Å². The van der Waals surface area contributed by atoms with Gasteiger partial charge in [0.25, 0.3) is 0 Å². The summed E-state index contributed by atoms with van der Waals surface area (Å²) < 4.78 is 0. The molecule has 0 nitrogen and oxygen atoms in total. The minimum Gasteiger partial charge on any atom is -0.0683 e. The van der Waals surface area contributed by atoms with Crippen LogP contribution in [0.5, 0.6) is 0 Å². The van der Waals surface area contributed by atoms with Crippen molar-refractivity contribution in [2.24, 2.45) is 0 Å². The van der Waals surface area contributed by atoms with Crippen molar-refractivity contribution < 1.29 is 0 Å². The molecule has 0 N–H and O–H groups in total. The van der Waals surface area contributed by atoms with Gasteiger partial charge in [0.05, 0.1) is 0 Å². The quantitative estimate of drug-likeness (QED) is 0.575. The van der Waals surface area contributed by atoms with Gasteiger partial charge in [0.2, 0.25) is 0 Å². The minimum absolute atomic E-state index is 1.14. The number of benzene rings is 1. The minimum atomic E-state index is 1.14. The van der Waals surface area contributed by atoms with Gasteiger partial charge in [0, 0.05) is 0 Å². The lowest BCUT2D eigenvalue weighted by atomic mass is 10.0. The van der Waals surface area contributed by atoms with Crippen LogP contribution in [-0.4, -0.2) is 0 Å². The smallest absolute Gasteiger partial charge is 0.0305 e. The van der Waals surface area contributed by atoms with E-state index in [0.717, 1.165) is 12.8 Å². The van der Waals surface area contributed by atoms with Crippen LogP contribution in [0.25, 0.3) is 0 Å². The molecule has 0 bridgehead atoms. The van der Waals surface area contributed by atoms with Gasteiger partial charge >= 0.3 is 0 Å². The van der Waals surface area contributed by atoms with Crippen LogP contribution >= 0.6 is 0 Å². The van der Waals surface area contributed by atoms with Gasteiger partial charge in [-0.3, -0.25) is 0 Å². The van der Waals surface area contributed by atoms with Crippen molar-refractivity contribution in [1.29, 1.82) is 0 Å². The van der Waals surface area contributed by atoms with E-state index in [4.69, 9.17) is 0 Å². The van der Waals surface area contributed by atoms with Crippen LogP contribution in [0.4, 0.5) is 0 Å². The van der Waals surface area contributed by atoms with Crippen molar-refractivity contribution in [3.8, 4) is 0 Å². The summed E-state index contributed by atoms with van der Waals surface area (Å²) in [5.41, 5.74) is 4.36. The van der Waals surface area contributed by atoms with Gasteiger partial charge < -0.3 is 0 Å². The summed E-state index contributed by atoms with van der Waals surface area (Å²) in [4.78, 5) is 0. The fourth-order valence-corrected chi connectivity index (χ4v) is 1.37. The molecule has 0 heterocycles. The Kier molecular flexibility index (Phi) is 22.3. The molecule has 1 rings (SSSR count). The maximum atomic E-state index is 2.29. The third kappa shape index (κ3) is 10.1. The first kappa shape index (κ1) is 21.5. The van der Waals surface area contributed by atoms with E-state index >= 15 is 0 Å². The number of aryl methyl sites for hydroxylation is 3. The van der Waals surface area contributed by atoms with Crippen molar-refractivity contribution >= 4 is 0 Å². The van der Waals surface area contributed by atoms with E-state index in [1.165, 1.54) is 16.7 Å². The molecular weight excluding hydrogens is 204 g/mol. The van der Waals surface area contributed by atoms with Gasteiger partial charge in [0.1, 0.15) is 0 Å². The highest BCUT2D eigenvalue weighted by atomic mass is 14.0. The van der Waals surface area contributed by atoms with Crippen LogP contribution in [0.15, 0.2) is 18.2 Å². The third-order valence-electron chi connectivity index (χ3n) is 2.20. The number of hydrogen-bond acceptors (Lipinski definition) is 0. The fourth-order valence-electron chi connectivity index (χ4n) is 1.37. The molecule has 0 aliphatic rings. The molecule has 1 aromatic carbocycles. The molecule has 1 aromatic rings. The Bertz CT molecular complexity index is 236. The van der Waals surface area contributed by atoms with E-state index < -0.39 is 0 Å². The summed E-state index contributed by atoms with van der Waals surface area (Å²) in [6, 6.07) is 6.76. The zero-order valence-electron chi connectivity index (χ0n) is 13.6. The summed E-state index contributed by atoms with van der Waals surface area (Å²) in [5.74, 6) is 0. The Balaban J connectivity index is -0.000000285.